The van der Waals surface area contributed by atoms with E-state index in [1.165, 1.54) is 12.1 Å². The molecule has 1 heterocycles. The lowest BCUT2D eigenvalue weighted by atomic mass is 10.3. The van der Waals surface area contributed by atoms with Crippen LogP contribution >= 0.6 is 0 Å². The summed E-state index contributed by atoms with van der Waals surface area (Å²) in [6.45, 7) is 1.60. The first kappa shape index (κ1) is 10.4. The van der Waals surface area contributed by atoms with Crippen LogP contribution in [0.4, 0.5) is 9.57 Å². The number of benzene rings is 1. The number of nitrogens with zero attached hydrogens (tertiary/aromatic N) is 1. The molecule has 1 aromatic rings. The highest BCUT2D eigenvalue weighted by molar-refractivity contribution is 7.86. The zero-order valence-corrected chi connectivity index (χ0v) is 9.00. The third kappa shape index (κ3) is 2.12. The molecule has 0 bridgehead atoms. The van der Waals surface area contributed by atoms with Crippen LogP contribution in [0, 0.1) is 0 Å². The smallest absolute Gasteiger partial charge is 0.334 e. The first-order chi connectivity index (χ1) is 7.09. The number of hydrogen-bond donors (Lipinski definition) is 0. The third-order valence-corrected chi connectivity index (χ3v) is 3.45. The van der Waals surface area contributed by atoms with Gasteiger partial charge in [0.05, 0.1) is 5.69 Å². The maximum absolute atomic E-state index is 13.0. The fourth-order valence-electron chi connectivity index (χ4n) is 1.88. The van der Waals surface area contributed by atoms with Crippen LogP contribution in [0.15, 0.2) is 29.2 Å². The largest absolute Gasteiger partial charge is 0.370 e. The van der Waals surface area contributed by atoms with Crippen molar-refractivity contribution in [2.45, 2.75) is 17.7 Å². The van der Waals surface area contributed by atoms with Crippen molar-refractivity contribution in [1.29, 1.82) is 0 Å². The molecule has 82 valence electrons. The van der Waals surface area contributed by atoms with Gasteiger partial charge in [-0.05, 0) is 25.0 Å². The van der Waals surface area contributed by atoms with Gasteiger partial charge in [-0.15, -0.1) is 3.89 Å². The van der Waals surface area contributed by atoms with Crippen LogP contribution in [0.5, 0.6) is 0 Å². The highest BCUT2D eigenvalue weighted by atomic mass is 32.3. The zero-order valence-electron chi connectivity index (χ0n) is 8.19. The molecule has 1 saturated heterocycles. The normalized spacial score (nSPS) is 17.0. The van der Waals surface area contributed by atoms with E-state index in [0.29, 0.717) is 5.69 Å². The predicted octanol–water partition coefficient (Wildman–Crippen LogP) is 1.95. The molecule has 1 aliphatic rings. The van der Waals surface area contributed by atoms with Crippen LogP contribution in [0.2, 0.25) is 0 Å². The van der Waals surface area contributed by atoms with Crippen molar-refractivity contribution in [2.24, 2.45) is 0 Å². The Kier molecular flexibility index (Phi) is 2.65. The van der Waals surface area contributed by atoms with Crippen molar-refractivity contribution in [1.82, 2.24) is 0 Å². The number of rotatable bonds is 2. The topological polar surface area (TPSA) is 37.4 Å². The van der Waals surface area contributed by atoms with Crippen molar-refractivity contribution < 1.29 is 12.3 Å². The van der Waals surface area contributed by atoms with Crippen molar-refractivity contribution in [3.05, 3.63) is 24.3 Å². The van der Waals surface area contributed by atoms with Gasteiger partial charge in [0.1, 0.15) is 4.90 Å². The third-order valence-electron chi connectivity index (χ3n) is 2.57. The molecule has 0 atom stereocenters. The summed E-state index contributed by atoms with van der Waals surface area (Å²) in [6, 6.07) is 6.22. The van der Waals surface area contributed by atoms with Gasteiger partial charge in [-0.2, -0.15) is 8.42 Å². The average Bonchev–Trinajstić information content (AvgIpc) is 2.69. The highest BCUT2D eigenvalue weighted by Crippen LogP contribution is 2.28. The van der Waals surface area contributed by atoms with Crippen molar-refractivity contribution in [3.8, 4) is 0 Å². The Morgan fingerprint density at radius 3 is 2.33 bits per heavy atom. The maximum Gasteiger partial charge on any atom is 0.334 e. The average molecular weight is 229 g/mol. The number of halogens is 1. The Balaban J connectivity index is 2.46. The van der Waals surface area contributed by atoms with Crippen LogP contribution in [-0.4, -0.2) is 21.5 Å². The van der Waals surface area contributed by atoms with Crippen LogP contribution in [0.3, 0.4) is 0 Å². The maximum atomic E-state index is 13.0. The lowest BCUT2D eigenvalue weighted by Gasteiger charge is -2.19. The highest BCUT2D eigenvalue weighted by Gasteiger charge is 2.22. The SMILES string of the molecule is O=S(=O)(F)c1ccccc1N1CCCC1. The lowest BCUT2D eigenvalue weighted by molar-refractivity contribution is 0.552. The summed E-state index contributed by atoms with van der Waals surface area (Å²) in [5, 5.41) is 0. The van der Waals surface area contributed by atoms with Gasteiger partial charge in [0.15, 0.2) is 0 Å². The first-order valence-corrected chi connectivity index (χ1v) is 6.26. The lowest BCUT2D eigenvalue weighted by Crippen LogP contribution is -2.19. The summed E-state index contributed by atoms with van der Waals surface area (Å²) in [5.74, 6) is 0. The van der Waals surface area contributed by atoms with E-state index in [0.717, 1.165) is 25.9 Å². The van der Waals surface area contributed by atoms with Crippen molar-refractivity contribution in [2.75, 3.05) is 18.0 Å². The number of para-hydroxylation sites is 1. The van der Waals surface area contributed by atoms with Gasteiger partial charge in [-0.1, -0.05) is 12.1 Å². The molecule has 0 N–H and O–H groups in total. The molecule has 0 aromatic heterocycles. The van der Waals surface area contributed by atoms with E-state index in [2.05, 4.69) is 0 Å². The van der Waals surface area contributed by atoms with Crippen molar-refractivity contribution >= 4 is 15.9 Å². The zero-order chi connectivity index (χ0) is 10.9. The molecule has 3 nitrogen and oxygen atoms in total. The molecule has 2 rings (SSSR count). The van der Waals surface area contributed by atoms with Gasteiger partial charge in [0.2, 0.25) is 0 Å². The Morgan fingerprint density at radius 1 is 1.13 bits per heavy atom. The van der Waals surface area contributed by atoms with Crippen LogP contribution in [0.25, 0.3) is 0 Å². The summed E-state index contributed by atoms with van der Waals surface area (Å²) in [6.07, 6.45) is 2.06. The van der Waals surface area contributed by atoms with Gasteiger partial charge in [0, 0.05) is 13.1 Å². The fraction of sp³-hybridized carbons (Fsp3) is 0.400. The Morgan fingerprint density at radius 2 is 1.73 bits per heavy atom. The van der Waals surface area contributed by atoms with E-state index >= 15 is 0 Å². The van der Waals surface area contributed by atoms with Gasteiger partial charge < -0.3 is 4.90 Å². The Bertz CT molecular complexity index is 452. The van der Waals surface area contributed by atoms with E-state index in [9.17, 15) is 12.3 Å². The quantitative estimate of drug-likeness (QED) is 0.727. The summed E-state index contributed by atoms with van der Waals surface area (Å²) in [4.78, 5) is 1.69. The molecule has 0 radical (unpaired) electrons. The number of anilines is 1. The van der Waals surface area contributed by atoms with Crippen LogP contribution < -0.4 is 4.90 Å². The first-order valence-electron chi connectivity index (χ1n) is 4.88. The molecule has 0 saturated carbocycles. The summed E-state index contributed by atoms with van der Waals surface area (Å²) in [5.41, 5.74) is 0.484. The molecule has 1 aliphatic heterocycles. The van der Waals surface area contributed by atoms with E-state index in [4.69, 9.17) is 0 Å². The van der Waals surface area contributed by atoms with Crippen molar-refractivity contribution in [3.63, 3.8) is 0 Å². The van der Waals surface area contributed by atoms with Gasteiger partial charge in [-0.25, -0.2) is 0 Å². The second-order valence-corrected chi connectivity index (χ2v) is 4.92. The van der Waals surface area contributed by atoms with Gasteiger partial charge in [0.25, 0.3) is 0 Å². The predicted molar refractivity (Wildman–Crippen MR) is 56.2 cm³/mol. The molecule has 0 aliphatic carbocycles. The summed E-state index contributed by atoms with van der Waals surface area (Å²) >= 11 is 0. The second-order valence-electron chi connectivity index (χ2n) is 3.60. The minimum Gasteiger partial charge on any atom is -0.370 e. The van der Waals surface area contributed by atoms with E-state index in [1.54, 1.807) is 12.1 Å². The Labute approximate surface area is 88.7 Å². The summed E-state index contributed by atoms with van der Waals surface area (Å²) in [7, 11) is -4.61. The Hall–Kier alpha value is -1.10. The molecule has 0 amide bonds. The minimum absolute atomic E-state index is 0.216. The van der Waals surface area contributed by atoms with E-state index < -0.39 is 10.2 Å². The molecule has 15 heavy (non-hydrogen) atoms. The monoisotopic (exact) mass is 229 g/mol. The van der Waals surface area contributed by atoms with E-state index in [1.807, 2.05) is 4.90 Å². The minimum atomic E-state index is -4.61. The van der Waals surface area contributed by atoms with Gasteiger partial charge >= 0.3 is 10.2 Å². The number of hydrogen-bond acceptors (Lipinski definition) is 3. The van der Waals surface area contributed by atoms with Crippen LogP contribution in [0.1, 0.15) is 12.8 Å². The standard InChI is InChI=1S/C10H12FNO2S/c11-15(13,14)10-6-2-1-5-9(10)12-7-3-4-8-12/h1-2,5-6H,3-4,7-8H2. The molecule has 1 aromatic carbocycles. The van der Waals surface area contributed by atoms with Crippen LogP contribution in [-0.2, 0) is 10.2 Å². The molecule has 5 heteroatoms. The molecule has 1 fully saturated rings. The molecule has 0 unspecified atom stereocenters. The molecular weight excluding hydrogens is 217 g/mol. The van der Waals surface area contributed by atoms with Gasteiger partial charge in [-0.3, -0.25) is 0 Å². The summed E-state index contributed by atoms with van der Waals surface area (Å²) < 4.78 is 34.8. The molecular formula is C10H12FNO2S. The second kappa shape index (κ2) is 3.81. The fourth-order valence-corrected chi connectivity index (χ4v) is 2.57. The molecule has 0 spiro atoms. The van der Waals surface area contributed by atoms with E-state index in [-0.39, 0.29) is 4.90 Å².